The average molecular weight is 707 g/mol. The maximum Gasteiger partial charge on any atom is 0.135 e. The van der Waals surface area contributed by atoms with Gasteiger partial charge in [-0.1, -0.05) is 120 Å². The zero-order valence-electron chi connectivity index (χ0n) is 31.5. The lowest BCUT2D eigenvalue weighted by Gasteiger charge is -2.24. The van der Waals surface area contributed by atoms with Crippen molar-refractivity contribution in [3.8, 4) is 78.6 Å². The standard InChI is InChI=1S/C50H42O4/c1-31-15-13-21-35(27-31)38-24-26-43(51-3)45-39(34-19-11-8-12-20-34)29-41(50(54-6)48(38)45)42-30-40(36-22-14-16-32(2)28-36)46-44(52-4)25-23-37(47(46)49(42)53-5)33-17-9-7-10-18-33/h7-30H,1-6H3. The molecule has 54 heavy (non-hydrogen) atoms. The van der Waals surface area contributed by atoms with E-state index >= 15 is 0 Å². The summed E-state index contributed by atoms with van der Waals surface area (Å²) in [5.41, 5.74) is 12.6. The van der Waals surface area contributed by atoms with Crippen molar-refractivity contribution in [3.63, 3.8) is 0 Å². The highest BCUT2D eigenvalue weighted by Crippen LogP contribution is 2.55. The van der Waals surface area contributed by atoms with Crippen molar-refractivity contribution < 1.29 is 18.9 Å². The summed E-state index contributed by atoms with van der Waals surface area (Å²) in [6, 6.07) is 51.1. The first-order chi connectivity index (χ1) is 26.4. The Morgan fingerprint density at radius 2 is 0.685 bits per heavy atom. The summed E-state index contributed by atoms with van der Waals surface area (Å²) in [5, 5.41) is 3.89. The van der Waals surface area contributed by atoms with Crippen molar-refractivity contribution in [2.24, 2.45) is 0 Å². The van der Waals surface area contributed by atoms with Crippen LogP contribution in [0.15, 0.2) is 146 Å². The van der Waals surface area contributed by atoms with E-state index in [0.29, 0.717) is 0 Å². The Labute approximate surface area is 317 Å². The fourth-order valence-corrected chi connectivity index (χ4v) is 7.97. The zero-order chi connectivity index (χ0) is 37.3. The Kier molecular flexibility index (Phi) is 9.27. The second-order valence-electron chi connectivity index (χ2n) is 13.6. The molecule has 0 aliphatic carbocycles. The molecule has 0 atom stereocenters. The molecule has 0 saturated carbocycles. The van der Waals surface area contributed by atoms with E-state index in [-0.39, 0.29) is 0 Å². The van der Waals surface area contributed by atoms with Crippen LogP contribution in [0, 0.1) is 13.8 Å². The highest BCUT2D eigenvalue weighted by molar-refractivity contribution is 6.18. The molecule has 0 aliphatic rings. The van der Waals surface area contributed by atoms with Crippen LogP contribution in [0.1, 0.15) is 11.1 Å². The predicted molar refractivity (Wildman–Crippen MR) is 224 cm³/mol. The molecule has 4 heteroatoms. The average Bonchev–Trinajstić information content (AvgIpc) is 3.22. The number of ether oxygens (including phenoxy) is 4. The van der Waals surface area contributed by atoms with Crippen LogP contribution in [-0.2, 0) is 0 Å². The smallest absolute Gasteiger partial charge is 0.135 e. The van der Waals surface area contributed by atoms with Gasteiger partial charge < -0.3 is 18.9 Å². The minimum absolute atomic E-state index is 0.732. The summed E-state index contributed by atoms with van der Waals surface area (Å²) >= 11 is 0. The van der Waals surface area contributed by atoms with Gasteiger partial charge in [-0.3, -0.25) is 0 Å². The van der Waals surface area contributed by atoms with Crippen molar-refractivity contribution >= 4 is 21.5 Å². The molecule has 0 bridgehead atoms. The largest absolute Gasteiger partial charge is 0.496 e. The van der Waals surface area contributed by atoms with E-state index in [1.807, 2.05) is 12.1 Å². The van der Waals surface area contributed by atoms with Crippen LogP contribution >= 0.6 is 0 Å². The number of aryl methyl sites for hydroxylation is 2. The molecular weight excluding hydrogens is 665 g/mol. The molecule has 0 heterocycles. The van der Waals surface area contributed by atoms with E-state index in [2.05, 4.69) is 147 Å². The third-order valence-corrected chi connectivity index (χ3v) is 10.4. The maximum atomic E-state index is 6.60. The lowest BCUT2D eigenvalue weighted by molar-refractivity contribution is 0.413. The van der Waals surface area contributed by atoms with Crippen molar-refractivity contribution in [1.82, 2.24) is 0 Å². The molecule has 0 amide bonds. The minimum atomic E-state index is 0.732. The van der Waals surface area contributed by atoms with Crippen LogP contribution in [0.5, 0.6) is 23.0 Å². The van der Waals surface area contributed by atoms with Crippen molar-refractivity contribution in [1.29, 1.82) is 0 Å². The summed E-state index contributed by atoms with van der Waals surface area (Å²) in [5.74, 6) is 3.01. The second kappa shape index (κ2) is 14.5. The molecule has 0 N–H and O–H groups in total. The highest BCUT2D eigenvalue weighted by Gasteiger charge is 2.27. The van der Waals surface area contributed by atoms with Gasteiger partial charge in [-0.15, -0.1) is 0 Å². The third-order valence-electron chi connectivity index (χ3n) is 10.4. The highest BCUT2D eigenvalue weighted by atomic mass is 16.5. The van der Waals surface area contributed by atoms with Crippen LogP contribution in [0.2, 0.25) is 0 Å². The van der Waals surface area contributed by atoms with E-state index in [4.69, 9.17) is 18.9 Å². The molecule has 0 spiro atoms. The fraction of sp³-hybridized carbons (Fsp3) is 0.120. The van der Waals surface area contributed by atoms with Gasteiger partial charge in [0.15, 0.2) is 0 Å². The molecule has 0 aliphatic heterocycles. The van der Waals surface area contributed by atoms with Crippen molar-refractivity contribution in [3.05, 3.63) is 157 Å². The number of hydrogen-bond acceptors (Lipinski definition) is 4. The summed E-state index contributed by atoms with van der Waals surface area (Å²) in [4.78, 5) is 0. The number of fused-ring (bicyclic) bond motifs is 2. The first-order valence-corrected chi connectivity index (χ1v) is 18.1. The van der Waals surface area contributed by atoms with Gasteiger partial charge in [0.2, 0.25) is 0 Å². The number of hydrogen-bond donors (Lipinski definition) is 0. The SMILES string of the molecule is COc1ccc(-c2ccccc2)c2c(OC)c(-c3cc(-c4ccccc4)c4c(OC)ccc(-c5cccc(C)c5)c4c3OC)cc(-c3cccc(C)c3)c12. The molecule has 0 saturated heterocycles. The fourth-order valence-electron chi connectivity index (χ4n) is 7.97. The maximum absolute atomic E-state index is 6.60. The van der Waals surface area contributed by atoms with Gasteiger partial charge in [-0.05, 0) is 94.8 Å². The molecule has 8 rings (SSSR count). The van der Waals surface area contributed by atoms with Crippen LogP contribution in [-0.4, -0.2) is 28.4 Å². The van der Waals surface area contributed by atoms with Gasteiger partial charge in [-0.25, -0.2) is 0 Å². The van der Waals surface area contributed by atoms with Crippen molar-refractivity contribution in [2.45, 2.75) is 13.8 Å². The topological polar surface area (TPSA) is 36.9 Å². The molecule has 0 fully saturated rings. The van der Waals surface area contributed by atoms with Gasteiger partial charge in [-0.2, -0.15) is 0 Å². The predicted octanol–water partition coefficient (Wildman–Crippen LogP) is 13.0. The van der Waals surface area contributed by atoms with E-state index < -0.39 is 0 Å². The number of benzene rings is 8. The van der Waals surface area contributed by atoms with E-state index in [1.165, 1.54) is 11.1 Å². The Hall–Kier alpha value is -6.52. The van der Waals surface area contributed by atoms with Gasteiger partial charge >= 0.3 is 0 Å². The van der Waals surface area contributed by atoms with Crippen LogP contribution in [0.4, 0.5) is 0 Å². The van der Waals surface area contributed by atoms with E-state index in [1.54, 1.807) is 28.4 Å². The van der Waals surface area contributed by atoms with Gasteiger partial charge in [0, 0.05) is 32.7 Å². The van der Waals surface area contributed by atoms with Gasteiger partial charge in [0.05, 0.1) is 28.4 Å². The van der Waals surface area contributed by atoms with Gasteiger partial charge in [0.1, 0.15) is 23.0 Å². The molecule has 8 aromatic rings. The summed E-state index contributed by atoms with van der Waals surface area (Å²) in [6.45, 7) is 4.25. The third kappa shape index (κ3) is 5.90. The molecule has 0 unspecified atom stereocenters. The minimum Gasteiger partial charge on any atom is -0.496 e. The number of methoxy groups -OCH3 is 4. The number of rotatable bonds is 9. The van der Waals surface area contributed by atoms with Crippen LogP contribution in [0.25, 0.3) is 77.2 Å². The monoisotopic (exact) mass is 706 g/mol. The lowest BCUT2D eigenvalue weighted by atomic mass is 9.84. The normalized spacial score (nSPS) is 11.1. The molecule has 0 radical (unpaired) electrons. The Morgan fingerprint density at radius 1 is 0.296 bits per heavy atom. The summed E-state index contributed by atoms with van der Waals surface area (Å²) < 4.78 is 25.5. The summed E-state index contributed by atoms with van der Waals surface area (Å²) in [6.07, 6.45) is 0. The lowest BCUT2D eigenvalue weighted by Crippen LogP contribution is -2.00. The Balaban J connectivity index is 1.61. The van der Waals surface area contributed by atoms with Crippen LogP contribution < -0.4 is 18.9 Å². The van der Waals surface area contributed by atoms with E-state index in [9.17, 15) is 0 Å². The first-order valence-electron chi connectivity index (χ1n) is 18.1. The molecular formula is C50H42O4. The summed E-state index contributed by atoms with van der Waals surface area (Å²) in [7, 11) is 6.98. The first kappa shape index (κ1) is 34.6. The van der Waals surface area contributed by atoms with Gasteiger partial charge in [0.25, 0.3) is 0 Å². The molecule has 4 nitrogen and oxygen atoms in total. The molecule has 0 aromatic heterocycles. The Morgan fingerprint density at radius 3 is 1.11 bits per heavy atom. The van der Waals surface area contributed by atoms with Crippen molar-refractivity contribution in [2.75, 3.05) is 28.4 Å². The molecule has 8 aromatic carbocycles. The molecule has 266 valence electrons. The quantitative estimate of drug-likeness (QED) is 0.150. The zero-order valence-corrected chi connectivity index (χ0v) is 31.5. The van der Waals surface area contributed by atoms with E-state index in [0.717, 1.165) is 100 Å². The Bertz CT molecular complexity index is 2660. The second-order valence-corrected chi connectivity index (χ2v) is 13.6. The van der Waals surface area contributed by atoms with Crippen LogP contribution in [0.3, 0.4) is 0 Å².